The van der Waals surface area contributed by atoms with Crippen LogP contribution in [0.1, 0.15) is 165 Å². The molecule has 0 aromatic heterocycles. The lowest BCUT2D eigenvalue weighted by molar-refractivity contribution is -0.145. The van der Waals surface area contributed by atoms with Crippen molar-refractivity contribution >= 4 is 59.3 Å². The number of thioether (sulfide) groups is 2. The first-order valence-electron chi connectivity index (χ1n) is 29.7. The van der Waals surface area contributed by atoms with Crippen molar-refractivity contribution in [2.24, 2.45) is 23.7 Å². The lowest BCUT2D eigenvalue weighted by Crippen LogP contribution is -2.30. The molecule has 0 radical (unpaired) electrons. The Balaban J connectivity index is 0.719. The van der Waals surface area contributed by atoms with Crippen LogP contribution in [0, 0.1) is 41.6 Å². The Kier molecular flexibility index (Phi) is 24.6. The summed E-state index contributed by atoms with van der Waals surface area (Å²) in [5.74, 6) is -2.60. The maximum atomic E-state index is 13.7. The number of fused-ring (bicyclic) bond motifs is 1. The van der Waals surface area contributed by atoms with Crippen LogP contribution in [0.2, 0.25) is 0 Å². The maximum Gasteiger partial charge on any atom is 0.314 e. The van der Waals surface area contributed by atoms with E-state index in [0.29, 0.717) is 115 Å². The van der Waals surface area contributed by atoms with Crippen LogP contribution in [0.5, 0.6) is 23.0 Å². The second-order valence-corrected chi connectivity index (χ2v) is 24.3. The Morgan fingerprint density at radius 1 is 0.500 bits per heavy atom. The van der Waals surface area contributed by atoms with Gasteiger partial charge in [-0.3, -0.25) is 28.8 Å². The molecular weight excluding hydrogens is 1080 g/mol. The fourth-order valence-electron chi connectivity index (χ4n) is 10.5. The van der Waals surface area contributed by atoms with Gasteiger partial charge in [-0.25, -0.2) is 10.1 Å². The molecule has 5 aliphatic rings. The van der Waals surface area contributed by atoms with Crippen LogP contribution in [-0.2, 0) is 60.6 Å². The third-order valence-corrected chi connectivity index (χ3v) is 18.4. The van der Waals surface area contributed by atoms with Crippen LogP contribution in [0.15, 0.2) is 80.4 Å². The average molecular weight is 1160 g/mol. The minimum atomic E-state index is -0.486. The van der Waals surface area contributed by atoms with E-state index in [2.05, 4.69) is 4.85 Å². The molecule has 3 aromatic carbocycles. The molecule has 18 heteroatoms. The van der Waals surface area contributed by atoms with E-state index in [1.807, 2.05) is 30.3 Å². The fraction of sp³-hybridized carbons (Fsp3) is 0.562. The first-order chi connectivity index (χ1) is 40.0. The molecule has 0 bridgehead atoms. The minimum Gasteiger partial charge on any atom is -0.465 e. The van der Waals surface area contributed by atoms with Gasteiger partial charge in [0.1, 0.15) is 23.0 Å². The number of nitriles is 1. The van der Waals surface area contributed by atoms with Gasteiger partial charge in [-0.2, -0.15) is 0 Å². The van der Waals surface area contributed by atoms with Crippen molar-refractivity contribution in [3.8, 4) is 29.1 Å². The number of ether oxygens (including phenoxy) is 8. The van der Waals surface area contributed by atoms with Crippen LogP contribution < -0.4 is 18.9 Å². The van der Waals surface area contributed by atoms with Crippen LogP contribution in [-0.4, -0.2) is 74.5 Å². The first kappa shape index (κ1) is 61.9. The lowest BCUT2D eigenvalue weighted by Gasteiger charge is -2.26. The summed E-state index contributed by atoms with van der Waals surface area (Å²) in [6.07, 6.45) is 21.8. The summed E-state index contributed by atoms with van der Waals surface area (Å²) in [5, 5.41) is 9.72. The molecule has 2 saturated carbocycles. The molecule has 0 N–H and O–H groups in total. The number of hydrogen-bond donors (Lipinski definition) is 0. The van der Waals surface area contributed by atoms with Crippen molar-refractivity contribution in [1.29, 1.82) is 5.26 Å². The molecule has 3 aliphatic heterocycles. The van der Waals surface area contributed by atoms with Gasteiger partial charge >= 0.3 is 35.8 Å². The fourth-order valence-corrected chi connectivity index (χ4v) is 13.0. The summed E-state index contributed by atoms with van der Waals surface area (Å²) in [7, 11) is 0. The molecule has 2 atom stereocenters. The standard InChI is InChI=1S/C64H76N2O14S2/c1-66-53(40-65)64-81-58-54(79-62(71)47-26-22-45(23-27-47)60(69)77-49-30-18-43(19-31-49)36-38-73-56(67)16-12-8-4-2-6-10-14-51-41-75-51)34-35-55(59(58)82-64)80-63(72)48-28-24-46(25-29-48)61(70)78-50-32-20-44(21-33-50)37-39-74-57(68)17-13-9-5-3-7-11-15-52-42-76-52/h18-21,30-35,45-48,51-52H,2-17,22-29,36-39,41-42H2. The number of rotatable bonds is 32. The predicted octanol–water partition coefficient (Wildman–Crippen LogP) is 13.3. The number of unbranched alkanes of at least 4 members (excludes halogenated alkanes) is 10. The summed E-state index contributed by atoms with van der Waals surface area (Å²) in [5.41, 5.74) is 1.76. The lowest BCUT2D eigenvalue weighted by atomic mass is 9.82. The molecule has 3 heterocycles. The highest BCUT2D eigenvalue weighted by Gasteiger charge is 2.37. The summed E-state index contributed by atoms with van der Waals surface area (Å²) < 4.78 is 45.2. The zero-order chi connectivity index (χ0) is 57.5. The van der Waals surface area contributed by atoms with Crippen molar-refractivity contribution < 1.29 is 66.7 Å². The third kappa shape index (κ3) is 20.3. The Morgan fingerprint density at radius 2 is 0.841 bits per heavy atom. The number of esters is 6. The molecule has 4 fully saturated rings. The summed E-state index contributed by atoms with van der Waals surface area (Å²) in [6, 6.07) is 19.3. The predicted molar refractivity (Wildman–Crippen MR) is 306 cm³/mol. The largest absolute Gasteiger partial charge is 0.465 e. The van der Waals surface area contributed by atoms with Gasteiger partial charge in [0.25, 0.3) is 5.70 Å². The molecule has 2 aliphatic carbocycles. The van der Waals surface area contributed by atoms with Gasteiger partial charge in [0.05, 0.1) is 89.0 Å². The molecular formula is C64H76N2O14S2. The SMILES string of the molecule is [C-]#[N+]C(C#N)=C1Sc2c(OC(=O)C3CCC(C(=O)Oc4ccc(CCOC(=O)CCCCCCCCC5CO5)cc4)CC3)ccc(OC(=O)C3CCC(C(=O)Oc4ccc(CCOC(=O)CCCCCCCCC5CO5)cc4)CC3)c2S1. The topological polar surface area (TPSA) is 211 Å². The summed E-state index contributed by atoms with van der Waals surface area (Å²) in [4.78, 5) is 82.5. The second kappa shape index (κ2) is 32.6. The Morgan fingerprint density at radius 3 is 1.18 bits per heavy atom. The molecule has 0 spiro atoms. The normalized spacial score (nSPS) is 20.5. The van der Waals surface area contributed by atoms with Crippen molar-refractivity contribution in [3.63, 3.8) is 0 Å². The van der Waals surface area contributed by atoms with Crippen molar-refractivity contribution in [1.82, 2.24) is 0 Å². The highest BCUT2D eigenvalue weighted by molar-refractivity contribution is 8.24. The number of epoxide rings is 2. The summed E-state index contributed by atoms with van der Waals surface area (Å²) in [6.45, 7) is 9.97. The Hall–Kier alpha value is -6.18. The number of carbonyl (C=O) groups excluding carboxylic acids is 6. The molecule has 438 valence electrons. The van der Waals surface area contributed by atoms with Gasteiger partial charge in [-0.05, 0) is 125 Å². The number of hydrogen-bond acceptors (Lipinski definition) is 17. The van der Waals surface area contributed by atoms with Crippen molar-refractivity contribution in [2.75, 3.05) is 26.4 Å². The van der Waals surface area contributed by atoms with Gasteiger partial charge in [0, 0.05) is 25.7 Å². The smallest absolute Gasteiger partial charge is 0.314 e. The molecule has 3 aromatic rings. The van der Waals surface area contributed by atoms with E-state index < -0.39 is 35.6 Å². The number of nitrogens with zero attached hydrogens (tertiary/aromatic N) is 2. The van der Waals surface area contributed by atoms with E-state index in [1.54, 1.807) is 36.4 Å². The van der Waals surface area contributed by atoms with E-state index in [-0.39, 0.29) is 54.3 Å². The van der Waals surface area contributed by atoms with Gasteiger partial charge in [-0.1, -0.05) is 112 Å². The Bertz CT molecular complexity index is 2580. The van der Waals surface area contributed by atoms with Crippen LogP contribution in [0.25, 0.3) is 4.85 Å². The molecule has 8 rings (SSSR count). The van der Waals surface area contributed by atoms with Crippen molar-refractivity contribution in [2.45, 2.75) is 189 Å². The van der Waals surface area contributed by atoms with Gasteiger partial charge in [-0.15, -0.1) is 0 Å². The van der Waals surface area contributed by atoms with Crippen LogP contribution in [0.3, 0.4) is 0 Å². The summed E-state index contributed by atoms with van der Waals surface area (Å²) >= 11 is 2.20. The molecule has 2 saturated heterocycles. The van der Waals surface area contributed by atoms with E-state index in [9.17, 15) is 34.0 Å². The van der Waals surface area contributed by atoms with Gasteiger partial charge in [0.2, 0.25) is 0 Å². The number of benzene rings is 3. The number of carbonyl (C=O) groups is 6. The van der Waals surface area contributed by atoms with Crippen molar-refractivity contribution in [3.05, 3.63) is 93.1 Å². The van der Waals surface area contributed by atoms with E-state index >= 15 is 0 Å². The highest BCUT2D eigenvalue weighted by atomic mass is 32.2. The van der Waals surface area contributed by atoms with Crippen LogP contribution in [0.4, 0.5) is 0 Å². The van der Waals surface area contributed by atoms with E-state index in [4.69, 9.17) is 44.5 Å². The zero-order valence-corrected chi connectivity index (χ0v) is 48.5. The molecule has 82 heavy (non-hydrogen) atoms. The van der Waals surface area contributed by atoms with Crippen LogP contribution >= 0.6 is 23.5 Å². The monoisotopic (exact) mass is 1160 g/mol. The minimum absolute atomic E-state index is 0.144. The zero-order valence-electron chi connectivity index (χ0n) is 46.9. The van der Waals surface area contributed by atoms with E-state index in [0.717, 1.165) is 99.2 Å². The van der Waals surface area contributed by atoms with Gasteiger partial charge in [0.15, 0.2) is 0 Å². The van der Waals surface area contributed by atoms with Gasteiger partial charge < -0.3 is 37.9 Å². The van der Waals surface area contributed by atoms with E-state index in [1.165, 1.54) is 38.5 Å². The molecule has 16 nitrogen and oxygen atoms in total. The first-order valence-corrected chi connectivity index (χ1v) is 31.3. The number of allylic oxidation sites excluding steroid dienone is 1. The molecule has 0 amide bonds. The highest BCUT2D eigenvalue weighted by Crippen LogP contribution is 2.59. The quantitative estimate of drug-likeness (QED) is 0.0142. The maximum absolute atomic E-state index is 13.7. The Labute approximate surface area is 490 Å². The third-order valence-electron chi connectivity index (χ3n) is 15.8. The molecule has 2 unspecified atom stereocenters. The second-order valence-electron chi connectivity index (χ2n) is 22.0. The average Bonchev–Trinajstić information content (AvgIpc) is 4.53.